The maximum atomic E-state index is 12.5. The number of fused-ring (bicyclic) bond motifs is 1. The Bertz CT molecular complexity index is 797. The number of esters is 1. The lowest BCUT2D eigenvalue weighted by Gasteiger charge is -2.28. The highest BCUT2D eigenvalue weighted by Gasteiger charge is 2.45. The molecular formula is C21H25NO3. The minimum Gasteiger partial charge on any atom is -0.508 e. The van der Waals surface area contributed by atoms with Crippen LogP contribution in [0.5, 0.6) is 5.75 Å². The van der Waals surface area contributed by atoms with Gasteiger partial charge in [-0.2, -0.15) is 0 Å². The van der Waals surface area contributed by atoms with Crippen molar-refractivity contribution < 1.29 is 14.6 Å². The molecular weight excluding hydrogens is 314 g/mol. The van der Waals surface area contributed by atoms with E-state index in [2.05, 4.69) is 11.0 Å². The first-order valence-corrected chi connectivity index (χ1v) is 9.22. The van der Waals surface area contributed by atoms with Gasteiger partial charge in [-0.1, -0.05) is 24.6 Å². The molecule has 4 rings (SSSR count). The van der Waals surface area contributed by atoms with Gasteiger partial charge >= 0.3 is 5.97 Å². The topological polar surface area (TPSA) is 49.8 Å². The number of rotatable bonds is 3. The summed E-state index contributed by atoms with van der Waals surface area (Å²) in [6.07, 6.45) is 4.50. The molecule has 0 amide bonds. The number of hydrogen-bond donors (Lipinski definition) is 1. The molecule has 25 heavy (non-hydrogen) atoms. The standard InChI is InChI=1S/C21H25NO3/c1-21(18-7-5-16-12-19(23)8-6-15(16)11-18)13-17(20(24)25-21)14-22-9-3-2-4-10-22/h5-8,11-12,17,23H,2-4,9-10,13-14H2,1H3. The quantitative estimate of drug-likeness (QED) is 0.864. The lowest BCUT2D eigenvalue weighted by Crippen LogP contribution is -2.35. The Morgan fingerprint density at radius 2 is 1.84 bits per heavy atom. The molecule has 132 valence electrons. The third-order valence-electron chi connectivity index (χ3n) is 5.66. The Morgan fingerprint density at radius 3 is 2.64 bits per heavy atom. The zero-order valence-corrected chi connectivity index (χ0v) is 14.7. The number of ether oxygens (including phenoxy) is 1. The SMILES string of the molecule is CC1(c2ccc3cc(O)ccc3c2)CC(CN2CCCCC2)C(=O)O1. The fourth-order valence-corrected chi connectivity index (χ4v) is 4.23. The molecule has 2 aliphatic rings. The Kier molecular flexibility index (Phi) is 4.16. The number of carbonyl (C=O) groups excluding carboxylic acids is 1. The second-order valence-electron chi connectivity index (χ2n) is 7.66. The highest BCUT2D eigenvalue weighted by Crippen LogP contribution is 2.41. The monoisotopic (exact) mass is 339 g/mol. The van der Waals surface area contributed by atoms with Gasteiger partial charge in [-0.25, -0.2) is 0 Å². The molecule has 2 heterocycles. The van der Waals surface area contributed by atoms with Crippen molar-refractivity contribution >= 4 is 16.7 Å². The number of phenolic OH excluding ortho intramolecular Hbond substituents is 1. The van der Waals surface area contributed by atoms with Crippen molar-refractivity contribution in [2.75, 3.05) is 19.6 Å². The zero-order chi connectivity index (χ0) is 17.4. The number of carbonyl (C=O) groups is 1. The molecule has 0 aliphatic carbocycles. The summed E-state index contributed by atoms with van der Waals surface area (Å²) in [5.41, 5.74) is 0.462. The smallest absolute Gasteiger partial charge is 0.311 e. The number of cyclic esters (lactones) is 1. The maximum Gasteiger partial charge on any atom is 0.311 e. The fourth-order valence-electron chi connectivity index (χ4n) is 4.23. The largest absolute Gasteiger partial charge is 0.508 e. The minimum atomic E-state index is -0.566. The number of benzene rings is 2. The Labute approximate surface area is 148 Å². The second-order valence-corrected chi connectivity index (χ2v) is 7.66. The summed E-state index contributed by atoms with van der Waals surface area (Å²) in [5, 5.41) is 11.6. The first kappa shape index (κ1) is 16.4. The zero-order valence-electron chi connectivity index (χ0n) is 14.7. The van der Waals surface area contributed by atoms with E-state index in [1.165, 1.54) is 19.3 Å². The number of aromatic hydroxyl groups is 1. The van der Waals surface area contributed by atoms with Gasteiger partial charge in [-0.15, -0.1) is 0 Å². The van der Waals surface area contributed by atoms with Crippen molar-refractivity contribution in [3.05, 3.63) is 42.0 Å². The molecule has 2 unspecified atom stereocenters. The van der Waals surface area contributed by atoms with E-state index in [0.717, 1.165) is 42.4 Å². The second kappa shape index (κ2) is 6.34. The summed E-state index contributed by atoms with van der Waals surface area (Å²) in [5.74, 6) is 0.151. The first-order chi connectivity index (χ1) is 12.0. The molecule has 1 N–H and O–H groups in total. The molecule has 0 radical (unpaired) electrons. The third-order valence-corrected chi connectivity index (χ3v) is 5.66. The molecule has 2 aliphatic heterocycles. The molecule has 2 aromatic carbocycles. The van der Waals surface area contributed by atoms with Crippen molar-refractivity contribution in [2.45, 2.75) is 38.2 Å². The van der Waals surface area contributed by atoms with Crippen LogP contribution in [0.1, 0.15) is 38.2 Å². The summed E-state index contributed by atoms with van der Waals surface area (Å²) in [6, 6.07) is 11.4. The fraction of sp³-hybridized carbons (Fsp3) is 0.476. The van der Waals surface area contributed by atoms with Gasteiger partial charge < -0.3 is 14.7 Å². The van der Waals surface area contributed by atoms with Gasteiger partial charge in [-0.3, -0.25) is 4.79 Å². The molecule has 4 nitrogen and oxygen atoms in total. The normalized spacial score (nSPS) is 27.6. The van der Waals surface area contributed by atoms with Crippen molar-refractivity contribution in [2.24, 2.45) is 5.92 Å². The number of nitrogens with zero attached hydrogens (tertiary/aromatic N) is 1. The summed E-state index contributed by atoms with van der Waals surface area (Å²) in [7, 11) is 0. The van der Waals surface area contributed by atoms with E-state index in [9.17, 15) is 9.90 Å². The van der Waals surface area contributed by atoms with E-state index in [-0.39, 0.29) is 17.6 Å². The van der Waals surface area contributed by atoms with E-state index < -0.39 is 5.60 Å². The summed E-state index contributed by atoms with van der Waals surface area (Å²) >= 11 is 0. The lowest BCUT2D eigenvalue weighted by atomic mass is 9.87. The molecule has 0 spiro atoms. The van der Waals surface area contributed by atoms with Crippen LogP contribution in [-0.4, -0.2) is 35.6 Å². The number of phenols is 1. The Morgan fingerprint density at radius 1 is 1.12 bits per heavy atom. The molecule has 4 heteroatoms. The number of piperidine rings is 1. The van der Waals surface area contributed by atoms with Crippen LogP contribution in [0.3, 0.4) is 0 Å². The van der Waals surface area contributed by atoms with E-state index in [1.807, 2.05) is 25.1 Å². The third kappa shape index (κ3) is 3.23. The van der Waals surface area contributed by atoms with Crippen LogP contribution < -0.4 is 0 Å². The van der Waals surface area contributed by atoms with Gasteiger partial charge in [0, 0.05) is 13.0 Å². The predicted octanol–water partition coefficient (Wildman–Crippen LogP) is 3.81. The molecule has 0 bridgehead atoms. The van der Waals surface area contributed by atoms with Crippen LogP contribution in [-0.2, 0) is 15.1 Å². The lowest BCUT2D eigenvalue weighted by molar-refractivity contribution is -0.150. The predicted molar refractivity (Wildman–Crippen MR) is 97.5 cm³/mol. The molecule has 0 saturated carbocycles. The van der Waals surface area contributed by atoms with Crippen LogP contribution in [0.25, 0.3) is 10.8 Å². The van der Waals surface area contributed by atoms with Gasteiger partial charge in [-0.05, 0) is 67.4 Å². The molecule has 0 aromatic heterocycles. The van der Waals surface area contributed by atoms with Crippen LogP contribution in [0.15, 0.2) is 36.4 Å². The molecule has 2 aromatic rings. The number of hydrogen-bond acceptors (Lipinski definition) is 4. The first-order valence-electron chi connectivity index (χ1n) is 9.22. The van der Waals surface area contributed by atoms with Crippen LogP contribution >= 0.6 is 0 Å². The summed E-state index contributed by atoms with van der Waals surface area (Å²) in [6.45, 7) is 5.03. The maximum absolute atomic E-state index is 12.5. The Balaban J connectivity index is 1.55. The highest BCUT2D eigenvalue weighted by atomic mass is 16.6. The van der Waals surface area contributed by atoms with Gasteiger partial charge in [0.25, 0.3) is 0 Å². The Hall–Kier alpha value is -2.07. The van der Waals surface area contributed by atoms with Crippen molar-refractivity contribution in [3.8, 4) is 5.75 Å². The van der Waals surface area contributed by atoms with Gasteiger partial charge in [0.1, 0.15) is 11.4 Å². The molecule has 2 fully saturated rings. The highest BCUT2D eigenvalue weighted by molar-refractivity contribution is 5.85. The van der Waals surface area contributed by atoms with E-state index in [1.54, 1.807) is 12.1 Å². The van der Waals surface area contributed by atoms with E-state index in [4.69, 9.17) is 4.74 Å². The summed E-state index contributed by atoms with van der Waals surface area (Å²) in [4.78, 5) is 14.9. The van der Waals surface area contributed by atoms with Crippen molar-refractivity contribution in [1.29, 1.82) is 0 Å². The average molecular weight is 339 g/mol. The minimum absolute atomic E-state index is 0.0429. The van der Waals surface area contributed by atoms with E-state index in [0.29, 0.717) is 0 Å². The average Bonchev–Trinajstić information content (AvgIpc) is 2.90. The molecule has 2 atom stereocenters. The van der Waals surface area contributed by atoms with Crippen molar-refractivity contribution in [3.63, 3.8) is 0 Å². The van der Waals surface area contributed by atoms with Crippen LogP contribution in [0.2, 0.25) is 0 Å². The summed E-state index contributed by atoms with van der Waals surface area (Å²) < 4.78 is 5.85. The van der Waals surface area contributed by atoms with E-state index >= 15 is 0 Å². The van der Waals surface area contributed by atoms with Crippen LogP contribution in [0.4, 0.5) is 0 Å². The van der Waals surface area contributed by atoms with Gasteiger partial charge in [0.05, 0.1) is 5.92 Å². The van der Waals surface area contributed by atoms with Gasteiger partial charge in [0.2, 0.25) is 0 Å². The van der Waals surface area contributed by atoms with Gasteiger partial charge in [0.15, 0.2) is 0 Å². The van der Waals surface area contributed by atoms with Crippen LogP contribution in [0, 0.1) is 5.92 Å². The molecule has 2 saturated heterocycles. The van der Waals surface area contributed by atoms with Crippen molar-refractivity contribution in [1.82, 2.24) is 4.90 Å². The number of likely N-dealkylation sites (tertiary alicyclic amines) is 1.